The summed E-state index contributed by atoms with van der Waals surface area (Å²) in [5.41, 5.74) is 6.10. The fourth-order valence-corrected chi connectivity index (χ4v) is 5.23. The van der Waals surface area contributed by atoms with E-state index in [1.807, 2.05) is 0 Å². The van der Waals surface area contributed by atoms with E-state index in [1.165, 1.54) is 56.9 Å². The van der Waals surface area contributed by atoms with Gasteiger partial charge in [-0.2, -0.15) is 0 Å². The van der Waals surface area contributed by atoms with Gasteiger partial charge in [-0.15, -0.1) is 0 Å². The zero-order chi connectivity index (χ0) is 17.9. The van der Waals surface area contributed by atoms with Crippen LogP contribution in [0.5, 0.6) is 0 Å². The Balaban J connectivity index is 1.35. The fraction of sp³-hybridized carbons (Fsp3) is 0.538. The average molecular weight is 347 g/mol. The van der Waals surface area contributed by atoms with E-state index in [0.29, 0.717) is 0 Å². The zero-order valence-electron chi connectivity index (χ0n) is 16.6. The first kappa shape index (κ1) is 17.8. The molecule has 0 unspecified atom stereocenters. The van der Waals surface area contributed by atoms with Crippen LogP contribution in [0, 0.1) is 12.8 Å². The van der Waals surface area contributed by atoms with Crippen LogP contribution in [-0.4, -0.2) is 0 Å². The summed E-state index contributed by atoms with van der Waals surface area (Å²) in [6, 6.07) is 19.0. The van der Waals surface area contributed by atoms with Crippen molar-refractivity contribution in [3.8, 4) is 0 Å². The minimum atomic E-state index is 0.773. The van der Waals surface area contributed by atoms with Crippen LogP contribution in [0.2, 0.25) is 0 Å². The minimum absolute atomic E-state index is 0.773. The summed E-state index contributed by atoms with van der Waals surface area (Å²) in [6.45, 7) is 4.59. The molecule has 0 N–H and O–H groups in total. The highest BCUT2D eigenvalue weighted by Gasteiger charge is 2.24. The van der Waals surface area contributed by atoms with Crippen molar-refractivity contribution in [2.75, 3.05) is 0 Å². The molecule has 2 aromatic rings. The molecule has 0 heterocycles. The summed E-state index contributed by atoms with van der Waals surface area (Å²) < 4.78 is 0. The summed E-state index contributed by atoms with van der Waals surface area (Å²) in [5.74, 6) is 3.30. The Morgan fingerprint density at radius 1 is 0.500 bits per heavy atom. The van der Waals surface area contributed by atoms with Crippen molar-refractivity contribution in [1.82, 2.24) is 0 Å². The highest BCUT2D eigenvalue weighted by atomic mass is 14.3. The Labute approximate surface area is 160 Å². The Morgan fingerprint density at radius 2 is 0.808 bits per heavy atom. The van der Waals surface area contributed by atoms with E-state index in [1.54, 1.807) is 16.7 Å². The van der Waals surface area contributed by atoms with Gasteiger partial charge in [-0.25, -0.2) is 0 Å². The third-order valence-electron chi connectivity index (χ3n) is 7.17. The summed E-state index contributed by atoms with van der Waals surface area (Å²) >= 11 is 0. The van der Waals surface area contributed by atoms with Crippen LogP contribution < -0.4 is 0 Å². The average Bonchev–Trinajstić information content (AvgIpc) is 2.70. The van der Waals surface area contributed by atoms with Gasteiger partial charge in [0.2, 0.25) is 0 Å². The number of rotatable bonds is 3. The summed E-state index contributed by atoms with van der Waals surface area (Å²) in [4.78, 5) is 0. The zero-order valence-corrected chi connectivity index (χ0v) is 16.6. The van der Waals surface area contributed by atoms with Gasteiger partial charge in [0, 0.05) is 0 Å². The number of hydrogen-bond donors (Lipinski definition) is 0. The predicted octanol–water partition coefficient (Wildman–Crippen LogP) is 7.73. The molecule has 138 valence electrons. The SMILES string of the molecule is Cc1ccc(C2CCC(c3ccc(C4CCC(C)CC4)cc3)CC2)cc1. The van der Waals surface area contributed by atoms with Crippen molar-refractivity contribution in [3.05, 3.63) is 70.8 Å². The van der Waals surface area contributed by atoms with Gasteiger partial charge < -0.3 is 0 Å². The molecule has 0 spiro atoms. The van der Waals surface area contributed by atoms with E-state index in [2.05, 4.69) is 62.4 Å². The van der Waals surface area contributed by atoms with Crippen molar-refractivity contribution < 1.29 is 0 Å². The Bertz CT molecular complexity index is 678. The molecule has 2 saturated carbocycles. The third-order valence-corrected chi connectivity index (χ3v) is 7.17. The fourth-order valence-electron chi connectivity index (χ4n) is 5.23. The van der Waals surface area contributed by atoms with E-state index in [-0.39, 0.29) is 0 Å². The maximum absolute atomic E-state index is 2.45. The van der Waals surface area contributed by atoms with Crippen molar-refractivity contribution >= 4 is 0 Å². The molecule has 2 aliphatic carbocycles. The van der Waals surface area contributed by atoms with Gasteiger partial charge in [-0.3, -0.25) is 0 Å². The second-order valence-electron chi connectivity index (χ2n) is 9.08. The number of benzene rings is 2. The normalized spacial score (nSPS) is 29.5. The molecular weight excluding hydrogens is 312 g/mol. The highest BCUT2D eigenvalue weighted by molar-refractivity contribution is 5.30. The molecule has 0 aliphatic heterocycles. The van der Waals surface area contributed by atoms with Crippen LogP contribution in [0.1, 0.15) is 98.3 Å². The summed E-state index contributed by atoms with van der Waals surface area (Å²) in [7, 11) is 0. The van der Waals surface area contributed by atoms with Gasteiger partial charge in [-0.05, 0) is 85.8 Å². The second-order valence-corrected chi connectivity index (χ2v) is 9.08. The topological polar surface area (TPSA) is 0 Å². The van der Waals surface area contributed by atoms with Crippen molar-refractivity contribution in [1.29, 1.82) is 0 Å². The maximum atomic E-state index is 2.45. The van der Waals surface area contributed by atoms with Crippen LogP contribution in [0.3, 0.4) is 0 Å². The molecular formula is C26H34. The van der Waals surface area contributed by atoms with Gasteiger partial charge in [0.25, 0.3) is 0 Å². The minimum Gasteiger partial charge on any atom is -0.0625 e. The highest BCUT2D eigenvalue weighted by Crippen LogP contribution is 2.41. The Hall–Kier alpha value is -1.56. The van der Waals surface area contributed by atoms with Gasteiger partial charge in [0.05, 0.1) is 0 Å². The molecule has 0 radical (unpaired) electrons. The molecule has 0 heteroatoms. The Morgan fingerprint density at radius 3 is 1.19 bits per heavy atom. The van der Waals surface area contributed by atoms with Crippen LogP contribution in [0.25, 0.3) is 0 Å². The molecule has 2 aromatic carbocycles. The van der Waals surface area contributed by atoms with E-state index in [4.69, 9.17) is 0 Å². The van der Waals surface area contributed by atoms with E-state index < -0.39 is 0 Å². The van der Waals surface area contributed by atoms with Crippen LogP contribution in [-0.2, 0) is 0 Å². The number of aryl methyl sites for hydroxylation is 1. The molecule has 0 atom stereocenters. The molecule has 2 aliphatic rings. The van der Waals surface area contributed by atoms with Crippen LogP contribution in [0.15, 0.2) is 48.5 Å². The lowest BCUT2D eigenvalue weighted by molar-refractivity contribution is 0.348. The van der Waals surface area contributed by atoms with E-state index in [9.17, 15) is 0 Å². The van der Waals surface area contributed by atoms with Crippen LogP contribution >= 0.6 is 0 Å². The van der Waals surface area contributed by atoms with Crippen molar-refractivity contribution in [2.45, 2.75) is 83.0 Å². The number of hydrogen-bond acceptors (Lipinski definition) is 0. The standard InChI is InChI=1S/C26H34/c1-19-3-7-21(8-4-19)23-11-15-25(16-12-23)26-17-13-24(14-18-26)22-9-5-20(2)6-10-22/h3-4,7-8,13-14,17-18,20,22-23,25H,5-6,9-12,15-16H2,1-2H3. The van der Waals surface area contributed by atoms with Gasteiger partial charge >= 0.3 is 0 Å². The molecule has 0 aromatic heterocycles. The first-order chi connectivity index (χ1) is 12.7. The lowest BCUT2D eigenvalue weighted by Crippen LogP contribution is -2.13. The molecule has 0 bridgehead atoms. The van der Waals surface area contributed by atoms with E-state index >= 15 is 0 Å². The summed E-state index contributed by atoms with van der Waals surface area (Å²) in [5, 5.41) is 0. The van der Waals surface area contributed by atoms with Gasteiger partial charge in [-0.1, -0.05) is 73.9 Å². The molecule has 26 heavy (non-hydrogen) atoms. The second kappa shape index (κ2) is 7.99. The lowest BCUT2D eigenvalue weighted by Gasteiger charge is -2.30. The van der Waals surface area contributed by atoms with Gasteiger partial charge in [0.15, 0.2) is 0 Å². The first-order valence-corrected chi connectivity index (χ1v) is 10.9. The summed E-state index contributed by atoms with van der Waals surface area (Å²) in [6.07, 6.45) is 11.0. The molecule has 0 nitrogen and oxygen atoms in total. The first-order valence-electron chi connectivity index (χ1n) is 10.9. The molecule has 2 fully saturated rings. The van der Waals surface area contributed by atoms with Crippen molar-refractivity contribution in [2.24, 2.45) is 5.92 Å². The van der Waals surface area contributed by atoms with Crippen LogP contribution in [0.4, 0.5) is 0 Å². The lowest BCUT2D eigenvalue weighted by atomic mass is 9.75. The van der Waals surface area contributed by atoms with Crippen molar-refractivity contribution in [3.63, 3.8) is 0 Å². The Kier molecular flexibility index (Phi) is 5.48. The largest absolute Gasteiger partial charge is 0.0625 e. The monoisotopic (exact) mass is 346 g/mol. The quantitative estimate of drug-likeness (QED) is 0.533. The molecule has 0 amide bonds. The van der Waals surface area contributed by atoms with Gasteiger partial charge in [0.1, 0.15) is 0 Å². The smallest absolute Gasteiger partial charge is 0.0162 e. The molecule has 0 saturated heterocycles. The van der Waals surface area contributed by atoms with E-state index in [0.717, 1.165) is 23.7 Å². The predicted molar refractivity (Wildman–Crippen MR) is 112 cm³/mol. The third kappa shape index (κ3) is 4.05. The maximum Gasteiger partial charge on any atom is -0.0162 e. The molecule has 4 rings (SSSR count).